The monoisotopic (exact) mass is 491 g/mol. The second kappa shape index (κ2) is 8.94. The van der Waals surface area contributed by atoms with Crippen LogP contribution in [0.1, 0.15) is 58.8 Å². The summed E-state index contributed by atoms with van der Waals surface area (Å²) in [4.78, 5) is 0. The van der Waals surface area contributed by atoms with E-state index in [1.54, 1.807) is 19.1 Å². The minimum atomic E-state index is -2.14. The number of anilines is 1. The first-order valence-electron chi connectivity index (χ1n) is 12.3. The number of nitrogen functional groups attached to an aromatic ring is 1. The van der Waals surface area contributed by atoms with Crippen LogP contribution in [0, 0.1) is 28.5 Å². The lowest BCUT2D eigenvalue weighted by Crippen LogP contribution is -2.67. The van der Waals surface area contributed by atoms with Crippen molar-refractivity contribution in [1.29, 1.82) is 0 Å². The van der Waals surface area contributed by atoms with Crippen molar-refractivity contribution in [2.75, 3.05) is 12.3 Å². The number of aliphatic hydroxyl groups excluding tert-OH is 4. The van der Waals surface area contributed by atoms with Gasteiger partial charge < -0.3 is 36.0 Å². The lowest BCUT2D eigenvalue weighted by atomic mass is 9.55. The van der Waals surface area contributed by atoms with Gasteiger partial charge in [-0.25, -0.2) is 4.39 Å². The number of benzene rings is 1. The highest BCUT2D eigenvalue weighted by atomic mass is 19.1. The van der Waals surface area contributed by atoms with Gasteiger partial charge in [0.05, 0.1) is 23.7 Å². The van der Waals surface area contributed by atoms with Crippen LogP contribution in [-0.4, -0.2) is 56.1 Å². The molecule has 1 aromatic carbocycles. The van der Waals surface area contributed by atoms with Gasteiger partial charge in [-0.3, -0.25) is 0 Å². The fourth-order valence-corrected chi connectivity index (χ4v) is 6.89. The number of ether oxygens (including phenoxy) is 1. The highest BCUT2D eigenvalue weighted by molar-refractivity contribution is 5.48. The summed E-state index contributed by atoms with van der Waals surface area (Å²) in [6, 6.07) is 3.98. The summed E-state index contributed by atoms with van der Waals surface area (Å²) >= 11 is 0. The van der Waals surface area contributed by atoms with Crippen molar-refractivity contribution in [3.8, 4) is 0 Å². The zero-order valence-electron chi connectivity index (χ0n) is 20.8. The first kappa shape index (κ1) is 26.3. The summed E-state index contributed by atoms with van der Waals surface area (Å²) in [5.41, 5.74) is 2.70. The summed E-state index contributed by atoms with van der Waals surface area (Å²) in [5, 5.41) is 56.9. The average Bonchev–Trinajstić information content (AvgIpc) is 2.98. The molecule has 194 valence electrons. The van der Waals surface area contributed by atoms with Crippen molar-refractivity contribution in [2.45, 2.75) is 77.2 Å². The number of hydrogen-bond donors (Lipinski definition) is 6. The van der Waals surface area contributed by atoms with E-state index in [4.69, 9.17) is 10.5 Å². The van der Waals surface area contributed by atoms with Crippen molar-refractivity contribution in [2.24, 2.45) is 22.7 Å². The topological polar surface area (TPSA) is 136 Å². The van der Waals surface area contributed by atoms with E-state index < -0.39 is 54.0 Å². The third-order valence-electron chi connectivity index (χ3n) is 8.70. The number of fused-ring (bicyclic) bond motifs is 1. The Hall–Kier alpha value is -1.81. The summed E-state index contributed by atoms with van der Waals surface area (Å²) in [7, 11) is 0. The van der Waals surface area contributed by atoms with Gasteiger partial charge in [0.1, 0.15) is 23.6 Å². The van der Waals surface area contributed by atoms with Crippen molar-refractivity contribution < 1.29 is 34.7 Å². The molecule has 3 aliphatic rings. The van der Waals surface area contributed by atoms with Crippen LogP contribution >= 0.6 is 0 Å². The van der Waals surface area contributed by atoms with Crippen LogP contribution in [0.3, 0.4) is 0 Å². The largest absolute Gasteiger partial charge is 0.398 e. The molecule has 0 aliphatic heterocycles. The summed E-state index contributed by atoms with van der Waals surface area (Å²) in [6.07, 6.45) is -0.297. The molecule has 1 aromatic rings. The first-order valence-corrected chi connectivity index (χ1v) is 12.3. The maximum Gasteiger partial charge on any atom is 0.186 e. The number of hydrogen-bond acceptors (Lipinski definition) is 7. The quantitative estimate of drug-likeness (QED) is 0.216. The lowest BCUT2D eigenvalue weighted by Gasteiger charge is -2.54. The minimum absolute atomic E-state index is 0.0159. The molecule has 0 saturated heterocycles. The number of rotatable bonds is 4. The molecule has 1 saturated carbocycles. The van der Waals surface area contributed by atoms with Crippen molar-refractivity contribution >= 4 is 5.69 Å². The predicted octanol–water partition coefficient (Wildman–Crippen LogP) is 2.58. The van der Waals surface area contributed by atoms with E-state index in [1.807, 2.05) is 6.92 Å². The highest BCUT2D eigenvalue weighted by Gasteiger charge is 2.70. The Balaban J connectivity index is 1.86. The predicted molar refractivity (Wildman–Crippen MR) is 129 cm³/mol. The number of halogens is 1. The second-order valence-electron chi connectivity index (χ2n) is 11.5. The molecule has 0 heterocycles. The zero-order chi connectivity index (χ0) is 25.9. The van der Waals surface area contributed by atoms with Gasteiger partial charge >= 0.3 is 0 Å². The van der Waals surface area contributed by atoms with Crippen LogP contribution in [0.4, 0.5) is 10.1 Å². The lowest BCUT2D eigenvalue weighted by molar-refractivity contribution is -0.258. The molecule has 1 spiro atoms. The molecule has 8 atom stereocenters. The standard InChI is InChI=1S/C27H38FNO6/c1-14-11-26-15(2)8-9-25(3,4)12-16(21(26)31)10-17(13-30)22(32)27(26,34)23(14)35-24(33)20-18(28)6-5-7-19(20)29/h5-7,10-11,15-16,21-24,30-34H,8-9,12-13,29H2,1-4H3. The molecule has 4 rings (SSSR count). The Labute approximate surface area is 205 Å². The van der Waals surface area contributed by atoms with Crippen LogP contribution in [-0.2, 0) is 4.74 Å². The average molecular weight is 492 g/mol. The number of aliphatic hydroxyl groups is 5. The van der Waals surface area contributed by atoms with Gasteiger partial charge in [-0.15, -0.1) is 0 Å². The zero-order valence-corrected chi connectivity index (χ0v) is 20.8. The molecule has 1 fully saturated rings. The molecule has 0 aromatic heterocycles. The van der Waals surface area contributed by atoms with Crippen molar-refractivity contribution in [3.05, 3.63) is 52.9 Å². The Morgan fingerprint density at radius 2 is 1.94 bits per heavy atom. The molecule has 8 heteroatoms. The molecule has 3 aliphatic carbocycles. The van der Waals surface area contributed by atoms with Crippen LogP contribution < -0.4 is 5.73 Å². The molecule has 2 bridgehead atoms. The molecule has 0 amide bonds. The van der Waals surface area contributed by atoms with E-state index in [0.29, 0.717) is 18.4 Å². The third-order valence-corrected chi connectivity index (χ3v) is 8.70. The molecule has 8 unspecified atom stereocenters. The summed E-state index contributed by atoms with van der Waals surface area (Å²) in [5.74, 6) is -1.49. The summed E-state index contributed by atoms with van der Waals surface area (Å²) < 4.78 is 20.4. The summed E-state index contributed by atoms with van der Waals surface area (Å²) in [6.45, 7) is 7.35. The minimum Gasteiger partial charge on any atom is -0.398 e. The highest BCUT2D eigenvalue weighted by Crippen LogP contribution is 2.62. The third kappa shape index (κ3) is 3.86. The molecular formula is C27H38FNO6. The van der Waals surface area contributed by atoms with Gasteiger partial charge in [0.15, 0.2) is 6.29 Å². The molecule has 7 N–H and O–H groups in total. The van der Waals surface area contributed by atoms with Crippen molar-refractivity contribution in [3.63, 3.8) is 0 Å². The Kier molecular flexibility index (Phi) is 6.71. The Morgan fingerprint density at radius 1 is 1.26 bits per heavy atom. The van der Waals surface area contributed by atoms with Gasteiger partial charge in [-0.05, 0) is 60.8 Å². The van der Waals surface area contributed by atoms with Gasteiger partial charge in [0.25, 0.3) is 0 Å². The smallest absolute Gasteiger partial charge is 0.186 e. The Bertz CT molecular complexity index is 1020. The van der Waals surface area contributed by atoms with E-state index in [-0.39, 0.29) is 28.2 Å². The first-order chi connectivity index (χ1) is 16.3. The van der Waals surface area contributed by atoms with Gasteiger partial charge in [0, 0.05) is 11.6 Å². The number of nitrogens with two attached hydrogens (primary N) is 1. The fraction of sp³-hybridized carbons (Fsp3) is 0.630. The van der Waals surface area contributed by atoms with E-state index in [9.17, 15) is 29.9 Å². The van der Waals surface area contributed by atoms with Crippen LogP contribution in [0.25, 0.3) is 0 Å². The van der Waals surface area contributed by atoms with Crippen molar-refractivity contribution in [1.82, 2.24) is 0 Å². The van der Waals surface area contributed by atoms with E-state index in [0.717, 1.165) is 12.5 Å². The molecule has 0 radical (unpaired) electrons. The SMILES string of the molecule is CC1=CC23C(C)CCC(C)(C)CC(C=C(CO)C(O)C2(O)C1OC(O)c1c(N)cccc1F)C3O. The second-order valence-corrected chi connectivity index (χ2v) is 11.5. The maximum absolute atomic E-state index is 14.5. The van der Waals surface area contributed by atoms with E-state index >= 15 is 0 Å². The van der Waals surface area contributed by atoms with Gasteiger partial charge in [0.2, 0.25) is 0 Å². The molecule has 7 nitrogen and oxygen atoms in total. The molecular weight excluding hydrogens is 453 g/mol. The normalized spacial score (nSPS) is 39.5. The maximum atomic E-state index is 14.5. The van der Waals surface area contributed by atoms with E-state index in [2.05, 4.69) is 13.8 Å². The Morgan fingerprint density at radius 3 is 2.57 bits per heavy atom. The molecule has 35 heavy (non-hydrogen) atoms. The van der Waals surface area contributed by atoms with Crippen LogP contribution in [0.15, 0.2) is 41.5 Å². The fourth-order valence-electron chi connectivity index (χ4n) is 6.89. The van der Waals surface area contributed by atoms with Gasteiger partial charge in [-0.2, -0.15) is 0 Å². The van der Waals surface area contributed by atoms with Gasteiger partial charge in [-0.1, -0.05) is 39.0 Å². The van der Waals surface area contributed by atoms with Crippen LogP contribution in [0.5, 0.6) is 0 Å². The van der Waals surface area contributed by atoms with E-state index in [1.165, 1.54) is 12.1 Å². The van der Waals surface area contributed by atoms with Crippen LogP contribution in [0.2, 0.25) is 0 Å².